The lowest BCUT2D eigenvalue weighted by Gasteiger charge is -2.31. The maximum atomic E-state index is 13.1. The first-order chi connectivity index (χ1) is 14.6. The van der Waals surface area contributed by atoms with Crippen molar-refractivity contribution in [3.8, 4) is 0 Å². The Kier molecular flexibility index (Phi) is 6.65. The summed E-state index contributed by atoms with van der Waals surface area (Å²) in [4.78, 5) is 17.2. The fourth-order valence-electron chi connectivity index (χ4n) is 4.28. The van der Waals surface area contributed by atoms with E-state index in [0.29, 0.717) is 18.0 Å². The molecule has 1 amide bonds. The van der Waals surface area contributed by atoms with E-state index in [4.69, 9.17) is 4.74 Å². The first kappa shape index (κ1) is 20.8. The molecule has 6 heteroatoms. The number of benzene rings is 2. The standard InChI is InChI=1S/C24H30FN3O2/c1-18-15-27(12-13-30-18)16-19-2-4-21(5-3-19)24(29)26-14-20-10-11-28(17-20)23-8-6-22(25)7-9-23/h2-9,18,20H,10-17H2,1H3,(H,26,29). The molecule has 2 aromatic carbocycles. The van der Waals surface area contributed by atoms with E-state index < -0.39 is 0 Å². The summed E-state index contributed by atoms with van der Waals surface area (Å²) in [6.07, 6.45) is 1.30. The van der Waals surface area contributed by atoms with Gasteiger partial charge in [-0.05, 0) is 61.2 Å². The molecular weight excluding hydrogens is 381 g/mol. The number of carbonyl (C=O) groups excluding carboxylic acids is 1. The number of amides is 1. The van der Waals surface area contributed by atoms with E-state index in [2.05, 4.69) is 22.0 Å². The highest BCUT2D eigenvalue weighted by atomic mass is 19.1. The van der Waals surface area contributed by atoms with Crippen molar-refractivity contribution in [2.45, 2.75) is 26.0 Å². The topological polar surface area (TPSA) is 44.8 Å². The van der Waals surface area contributed by atoms with E-state index in [-0.39, 0.29) is 17.8 Å². The summed E-state index contributed by atoms with van der Waals surface area (Å²) in [5.41, 5.74) is 2.95. The number of anilines is 1. The summed E-state index contributed by atoms with van der Waals surface area (Å²) in [5, 5.41) is 3.08. The van der Waals surface area contributed by atoms with Crippen LogP contribution in [0.1, 0.15) is 29.3 Å². The number of hydrogen-bond acceptors (Lipinski definition) is 4. The fraction of sp³-hybridized carbons (Fsp3) is 0.458. The lowest BCUT2D eigenvalue weighted by molar-refractivity contribution is -0.0212. The lowest BCUT2D eigenvalue weighted by atomic mass is 10.1. The average molecular weight is 412 g/mol. The van der Waals surface area contributed by atoms with Crippen molar-refractivity contribution in [2.75, 3.05) is 44.2 Å². The lowest BCUT2D eigenvalue weighted by Crippen LogP contribution is -2.40. The molecular formula is C24H30FN3O2. The number of morpholine rings is 1. The molecule has 2 aliphatic heterocycles. The molecule has 2 heterocycles. The molecule has 0 spiro atoms. The van der Waals surface area contributed by atoms with E-state index in [1.165, 1.54) is 17.7 Å². The Balaban J connectivity index is 1.23. The number of carbonyl (C=O) groups is 1. The van der Waals surface area contributed by atoms with Crippen LogP contribution in [0.3, 0.4) is 0 Å². The summed E-state index contributed by atoms with van der Waals surface area (Å²) in [6.45, 7) is 8.12. The Bertz CT molecular complexity index is 841. The quantitative estimate of drug-likeness (QED) is 0.792. The molecule has 5 nitrogen and oxygen atoms in total. The van der Waals surface area contributed by atoms with Gasteiger partial charge in [0.1, 0.15) is 5.82 Å². The van der Waals surface area contributed by atoms with Gasteiger partial charge < -0.3 is 15.0 Å². The van der Waals surface area contributed by atoms with Gasteiger partial charge in [0.25, 0.3) is 5.91 Å². The van der Waals surface area contributed by atoms with Crippen molar-refractivity contribution >= 4 is 11.6 Å². The highest BCUT2D eigenvalue weighted by Gasteiger charge is 2.23. The van der Waals surface area contributed by atoms with Crippen LogP contribution in [-0.4, -0.2) is 56.2 Å². The van der Waals surface area contributed by atoms with Crippen LogP contribution < -0.4 is 10.2 Å². The zero-order chi connectivity index (χ0) is 20.9. The van der Waals surface area contributed by atoms with Gasteiger partial charge in [0.05, 0.1) is 12.7 Å². The summed E-state index contributed by atoms with van der Waals surface area (Å²) >= 11 is 0. The molecule has 2 aromatic rings. The van der Waals surface area contributed by atoms with Crippen LogP contribution in [0.5, 0.6) is 0 Å². The molecule has 2 fully saturated rings. The van der Waals surface area contributed by atoms with Gasteiger partial charge in [-0.25, -0.2) is 4.39 Å². The average Bonchev–Trinajstić information content (AvgIpc) is 3.22. The molecule has 4 rings (SSSR count). The molecule has 2 saturated heterocycles. The summed E-state index contributed by atoms with van der Waals surface area (Å²) in [7, 11) is 0. The second-order valence-electron chi connectivity index (χ2n) is 8.40. The first-order valence-corrected chi connectivity index (χ1v) is 10.8. The van der Waals surface area contributed by atoms with E-state index in [0.717, 1.165) is 51.4 Å². The van der Waals surface area contributed by atoms with Crippen molar-refractivity contribution in [1.82, 2.24) is 10.2 Å². The smallest absolute Gasteiger partial charge is 0.251 e. The molecule has 0 saturated carbocycles. The summed E-state index contributed by atoms with van der Waals surface area (Å²) < 4.78 is 18.7. The summed E-state index contributed by atoms with van der Waals surface area (Å²) in [5.74, 6) is 0.163. The molecule has 2 aliphatic rings. The number of nitrogens with zero attached hydrogens (tertiary/aromatic N) is 2. The predicted molar refractivity (Wildman–Crippen MR) is 116 cm³/mol. The Labute approximate surface area is 177 Å². The molecule has 1 N–H and O–H groups in total. The van der Waals surface area contributed by atoms with Gasteiger partial charge in [0.15, 0.2) is 0 Å². The summed E-state index contributed by atoms with van der Waals surface area (Å²) in [6, 6.07) is 14.5. The number of ether oxygens (including phenoxy) is 1. The minimum absolute atomic E-state index is 0.0261. The second-order valence-corrected chi connectivity index (χ2v) is 8.40. The van der Waals surface area contributed by atoms with Crippen molar-refractivity contribution in [3.63, 3.8) is 0 Å². The van der Waals surface area contributed by atoms with E-state index in [1.807, 2.05) is 36.4 Å². The molecule has 0 aromatic heterocycles. The van der Waals surface area contributed by atoms with Crippen molar-refractivity contribution in [2.24, 2.45) is 5.92 Å². The number of nitrogens with one attached hydrogen (secondary N) is 1. The predicted octanol–water partition coefficient (Wildman–Crippen LogP) is 3.30. The normalized spacial score (nSPS) is 22.3. The third-order valence-corrected chi connectivity index (χ3v) is 5.98. The third-order valence-electron chi connectivity index (χ3n) is 5.98. The van der Waals surface area contributed by atoms with E-state index >= 15 is 0 Å². The van der Waals surface area contributed by atoms with Crippen LogP contribution >= 0.6 is 0 Å². The maximum absolute atomic E-state index is 13.1. The molecule has 2 atom stereocenters. The molecule has 160 valence electrons. The van der Waals surface area contributed by atoms with Crippen LogP contribution in [0.4, 0.5) is 10.1 Å². The monoisotopic (exact) mass is 411 g/mol. The Morgan fingerprint density at radius 1 is 1.10 bits per heavy atom. The highest BCUT2D eigenvalue weighted by molar-refractivity contribution is 5.94. The molecule has 0 bridgehead atoms. The van der Waals surface area contributed by atoms with E-state index in [1.54, 1.807) is 0 Å². The number of halogens is 1. The van der Waals surface area contributed by atoms with E-state index in [9.17, 15) is 9.18 Å². The SMILES string of the molecule is CC1CN(Cc2ccc(C(=O)NCC3CCN(c4ccc(F)cc4)C3)cc2)CCO1. The van der Waals surface area contributed by atoms with Crippen LogP contribution in [0, 0.1) is 11.7 Å². The Hall–Kier alpha value is -2.44. The molecule has 0 radical (unpaired) electrons. The van der Waals surface area contributed by atoms with Gasteiger partial charge in [-0.1, -0.05) is 12.1 Å². The van der Waals surface area contributed by atoms with Gasteiger partial charge in [-0.2, -0.15) is 0 Å². The Morgan fingerprint density at radius 3 is 2.60 bits per heavy atom. The third kappa shape index (κ3) is 5.37. The number of rotatable bonds is 6. The van der Waals surface area contributed by atoms with Crippen molar-refractivity contribution in [3.05, 3.63) is 65.5 Å². The maximum Gasteiger partial charge on any atom is 0.251 e. The molecule has 30 heavy (non-hydrogen) atoms. The molecule has 0 aliphatic carbocycles. The van der Waals surface area contributed by atoms with Crippen LogP contribution in [-0.2, 0) is 11.3 Å². The van der Waals surface area contributed by atoms with Crippen molar-refractivity contribution in [1.29, 1.82) is 0 Å². The van der Waals surface area contributed by atoms with Crippen LogP contribution in [0.2, 0.25) is 0 Å². The van der Waals surface area contributed by atoms with Gasteiger partial charge in [0, 0.05) is 50.5 Å². The largest absolute Gasteiger partial charge is 0.376 e. The molecule has 2 unspecified atom stereocenters. The number of hydrogen-bond donors (Lipinski definition) is 1. The highest BCUT2D eigenvalue weighted by Crippen LogP contribution is 2.23. The second kappa shape index (κ2) is 9.58. The van der Waals surface area contributed by atoms with Gasteiger partial charge in [-0.15, -0.1) is 0 Å². The Morgan fingerprint density at radius 2 is 1.87 bits per heavy atom. The minimum atomic E-state index is -0.215. The minimum Gasteiger partial charge on any atom is -0.376 e. The van der Waals surface area contributed by atoms with Gasteiger partial charge in [0.2, 0.25) is 0 Å². The van der Waals surface area contributed by atoms with Crippen LogP contribution in [0.25, 0.3) is 0 Å². The fourth-order valence-corrected chi connectivity index (χ4v) is 4.28. The zero-order valence-corrected chi connectivity index (χ0v) is 17.5. The van der Waals surface area contributed by atoms with Crippen molar-refractivity contribution < 1.29 is 13.9 Å². The van der Waals surface area contributed by atoms with Gasteiger partial charge in [-0.3, -0.25) is 9.69 Å². The first-order valence-electron chi connectivity index (χ1n) is 10.8. The van der Waals surface area contributed by atoms with Crippen LogP contribution in [0.15, 0.2) is 48.5 Å². The zero-order valence-electron chi connectivity index (χ0n) is 17.5. The van der Waals surface area contributed by atoms with Gasteiger partial charge >= 0.3 is 0 Å².